The Hall–Kier alpha value is -0.930. The van der Waals surface area contributed by atoms with Gasteiger partial charge >= 0.3 is 0 Å². The van der Waals surface area contributed by atoms with Gasteiger partial charge in [-0.3, -0.25) is 0 Å². The van der Waals surface area contributed by atoms with Gasteiger partial charge in [0, 0.05) is 25.0 Å². The van der Waals surface area contributed by atoms with E-state index in [2.05, 4.69) is 61.7 Å². The Morgan fingerprint density at radius 2 is 1.79 bits per heavy atom. The SMILES string of the molecule is C[C@H]1[C@H](CC(=S)N[C@H]2CCCC[C@@H]2NCc2ccccc2)C[C@@H]2C[C@H]1C2(C)C. The highest BCUT2D eigenvalue weighted by Gasteiger charge is 2.56. The van der Waals surface area contributed by atoms with E-state index in [1.807, 2.05) is 0 Å². The number of benzene rings is 1. The third-order valence-corrected chi connectivity index (χ3v) is 8.77. The van der Waals surface area contributed by atoms with E-state index in [1.165, 1.54) is 44.1 Å². The molecule has 1 aromatic rings. The number of rotatable bonds is 6. The summed E-state index contributed by atoms with van der Waals surface area (Å²) in [7, 11) is 0. The van der Waals surface area contributed by atoms with Crippen molar-refractivity contribution in [2.45, 2.75) is 84.3 Å². The van der Waals surface area contributed by atoms with E-state index < -0.39 is 0 Å². The molecular formula is C25H38N2S. The highest BCUT2D eigenvalue weighted by atomic mass is 32.1. The Kier molecular flexibility index (Phi) is 6.13. The molecule has 2 N–H and O–H groups in total. The minimum absolute atomic E-state index is 0.495. The molecule has 0 amide bonds. The molecule has 0 aliphatic heterocycles. The molecule has 4 fully saturated rings. The van der Waals surface area contributed by atoms with Gasteiger partial charge in [0.05, 0.1) is 4.99 Å². The molecule has 6 atom stereocenters. The Labute approximate surface area is 177 Å². The molecular weight excluding hydrogens is 360 g/mol. The molecule has 1 aromatic carbocycles. The van der Waals surface area contributed by atoms with Crippen molar-refractivity contribution < 1.29 is 0 Å². The Bertz CT molecular complexity index is 670. The first-order valence-electron chi connectivity index (χ1n) is 11.5. The predicted molar refractivity (Wildman–Crippen MR) is 122 cm³/mol. The van der Waals surface area contributed by atoms with Crippen LogP contribution in [-0.2, 0) is 6.54 Å². The zero-order valence-corrected chi connectivity index (χ0v) is 18.7. The lowest BCUT2D eigenvalue weighted by atomic mass is 9.43. The summed E-state index contributed by atoms with van der Waals surface area (Å²) >= 11 is 5.87. The van der Waals surface area contributed by atoms with Crippen LogP contribution in [-0.4, -0.2) is 17.1 Å². The average Bonchev–Trinajstić information content (AvgIpc) is 2.69. The van der Waals surface area contributed by atoms with Crippen molar-refractivity contribution in [1.82, 2.24) is 10.6 Å². The fourth-order valence-corrected chi connectivity index (χ4v) is 6.79. The first kappa shape index (κ1) is 20.3. The highest BCUT2D eigenvalue weighted by Crippen LogP contribution is 2.63. The highest BCUT2D eigenvalue weighted by molar-refractivity contribution is 7.80. The molecule has 4 aliphatic rings. The normalized spacial score (nSPS) is 36.4. The maximum Gasteiger partial charge on any atom is 0.0758 e. The second kappa shape index (κ2) is 8.44. The third kappa shape index (κ3) is 4.16. The van der Waals surface area contributed by atoms with Gasteiger partial charge in [0.25, 0.3) is 0 Å². The van der Waals surface area contributed by atoms with Crippen LogP contribution in [0.4, 0.5) is 0 Å². The zero-order valence-electron chi connectivity index (χ0n) is 17.9. The average molecular weight is 399 g/mol. The molecule has 2 nitrogen and oxygen atoms in total. The minimum Gasteiger partial charge on any atom is -0.375 e. The summed E-state index contributed by atoms with van der Waals surface area (Å²) in [5.74, 6) is 3.44. The van der Waals surface area contributed by atoms with E-state index in [-0.39, 0.29) is 0 Å². The molecule has 0 unspecified atom stereocenters. The van der Waals surface area contributed by atoms with Crippen molar-refractivity contribution in [3.8, 4) is 0 Å². The van der Waals surface area contributed by atoms with Crippen molar-refractivity contribution in [3.05, 3.63) is 35.9 Å². The van der Waals surface area contributed by atoms with Gasteiger partial charge < -0.3 is 10.6 Å². The Balaban J connectivity index is 1.29. The summed E-state index contributed by atoms with van der Waals surface area (Å²) in [5.41, 5.74) is 1.94. The van der Waals surface area contributed by atoms with Crippen molar-refractivity contribution in [1.29, 1.82) is 0 Å². The van der Waals surface area contributed by atoms with Gasteiger partial charge in [-0.25, -0.2) is 0 Å². The first-order chi connectivity index (χ1) is 13.4. The Morgan fingerprint density at radius 1 is 1.07 bits per heavy atom. The van der Waals surface area contributed by atoms with Gasteiger partial charge in [-0.15, -0.1) is 0 Å². The molecule has 0 spiro atoms. The van der Waals surface area contributed by atoms with Crippen molar-refractivity contribution in [2.24, 2.45) is 29.1 Å². The van der Waals surface area contributed by atoms with Crippen LogP contribution in [0.15, 0.2) is 30.3 Å². The van der Waals surface area contributed by atoms with E-state index in [4.69, 9.17) is 12.2 Å². The van der Waals surface area contributed by atoms with E-state index >= 15 is 0 Å². The molecule has 28 heavy (non-hydrogen) atoms. The van der Waals surface area contributed by atoms with Gasteiger partial charge in [0.15, 0.2) is 0 Å². The molecule has 0 aromatic heterocycles. The smallest absolute Gasteiger partial charge is 0.0758 e. The second-order valence-electron chi connectivity index (χ2n) is 10.4. The van der Waals surface area contributed by atoms with Crippen LogP contribution in [0, 0.1) is 29.1 Å². The fourth-order valence-electron chi connectivity index (χ4n) is 6.42. The number of hydrogen-bond donors (Lipinski definition) is 2. The van der Waals surface area contributed by atoms with Crippen LogP contribution < -0.4 is 10.6 Å². The first-order valence-corrected chi connectivity index (χ1v) is 11.9. The lowest BCUT2D eigenvalue weighted by molar-refractivity contribution is -0.126. The van der Waals surface area contributed by atoms with Gasteiger partial charge in [0.2, 0.25) is 0 Å². The third-order valence-electron chi connectivity index (χ3n) is 8.48. The summed E-state index contributed by atoms with van der Waals surface area (Å²) in [6, 6.07) is 11.8. The van der Waals surface area contributed by atoms with Gasteiger partial charge in [-0.1, -0.05) is 76.2 Å². The van der Waals surface area contributed by atoms with E-state index in [0.29, 0.717) is 17.5 Å². The second-order valence-corrected chi connectivity index (χ2v) is 10.8. The summed E-state index contributed by atoms with van der Waals surface area (Å²) in [6.45, 7) is 8.41. The maximum atomic E-state index is 5.87. The maximum absolute atomic E-state index is 5.87. The van der Waals surface area contributed by atoms with Crippen molar-refractivity contribution in [3.63, 3.8) is 0 Å². The van der Waals surface area contributed by atoms with Crippen LogP contribution in [0.1, 0.15) is 71.3 Å². The molecule has 0 radical (unpaired) electrons. The quantitative estimate of drug-likeness (QED) is 0.600. The molecule has 3 heteroatoms. The van der Waals surface area contributed by atoms with Crippen molar-refractivity contribution in [2.75, 3.05) is 0 Å². The number of nitrogens with one attached hydrogen (secondary N) is 2. The molecule has 5 rings (SSSR count). The minimum atomic E-state index is 0.495. The van der Waals surface area contributed by atoms with Crippen LogP contribution >= 0.6 is 12.2 Å². The van der Waals surface area contributed by atoms with E-state index in [1.54, 1.807) is 0 Å². The monoisotopic (exact) mass is 398 g/mol. The van der Waals surface area contributed by atoms with Crippen LogP contribution in [0.3, 0.4) is 0 Å². The largest absolute Gasteiger partial charge is 0.375 e. The molecule has 4 saturated carbocycles. The topological polar surface area (TPSA) is 24.1 Å². The summed E-state index contributed by atoms with van der Waals surface area (Å²) in [5, 5.41) is 7.60. The number of fused-ring (bicyclic) bond motifs is 2. The molecule has 0 heterocycles. The van der Waals surface area contributed by atoms with Gasteiger partial charge in [-0.05, 0) is 60.3 Å². The van der Waals surface area contributed by atoms with Crippen LogP contribution in [0.2, 0.25) is 0 Å². The standard InChI is InChI=1S/C25H38N2S/c1-17-19(13-20-15-21(17)25(20,2)3)14-24(28)27-23-12-8-7-11-22(23)26-16-18-9-5-4-6-10-18/h4-6,9-10,17,19-23,26H,7-8,11-16H2,1-3H3,(H,27,28)/t17-,19-,20+,21+,22-,23-/m0/s1. The molecule has 4 aliphatic carbocycles. The lowest BCUT2D eigenvalue weighted by Crippen LogP contribution is -2.56. The fraction of sp³-hybridized carbons (Fsp3) is 0.720. The van der Waals surface area contributed by atoms with Crippen LogP contribution in [0.5, 0.6) is 0 Å². The number of thiocarbonyl (C=S) groups is 1. The van der Waals surface area contributed by atoms with Gasteiger partial charge in [0.1, 0.15) is 0 Å². The summed E-state index contributed by atoms with van der Waals surface area (Å²) in [4.78, 5) is 1.12. The predicted octanol–water partition coefficient (Wildman–Crippen LogP) is 5.71. The number of hydrogen-bond acceptors (Lipinski definition) is 2. The molecule has 2 bridgehead atoms. The lowest BCUT2D eigenvalue weighted by Gasteiger charge is -2.62. The summed E-state index contributed by atoms with van der Waals surface area (Å²) < 4.78 is 0. The summed E-state index contributed by atoms with van der Waals surface area (Å²) in [6.07, 6.45) is 9.08. The van der Waals surface area contributed by atoms with E-state index in [9.17, 15) is 0 Å². The van der Waals surface area contributed by atoms with E-state index in [0.717, 1.165) is 41.6 Å². The molecule has 0 saturated heterocycles. The van der Waals surface area contributed by atoms with Gasteiger partial charge in [-0.2, -0.15) is 0 Å². The zero-order chi connectivity index (χ0) is 19.7. The Morgan fingerprint density at radius 3 is 2.46 bits per heavy atom. The molecule has 154 valence electrons. The van der Waals surface area contributed by atoms with Crippen LogP contribution in [0.25, 0.3) is 0 Å². The van der Waals surface area contributed by atoms with Crippen molar-refractivity contribution >= 4 is 17.2 Å².